The van der Waals surface area contributed by atoms with Crippen LogP contribution >= 0.6 is 11.6 Å². The molecule has 4 nitrogen and oxygen atoms in total. The summed E-state index contributed by atoms with van der Waals surface area (Å²) in [6, 6.07) is 2.02. The highest BCUT2D eigenvalue weighted by molar-refractivity contribution is 6.31. The Morgan fingerprint density at radius 2 is 2.10 bits per heavy atom. The molecule has 1 fully saturated rings. The first-order chi connectivity index (χ1) is 10.0. The Bertz CT molecular complexity index is 476. The number of nitrogens with one attached hydrogen (secondary N) is 1. The maximum atomic E-state index is 12.7. The third-order valence-corrected chi connectivity index (χ3v) is 4.38. The summed E-state index contributed by atoms with van der Waals surface area (Å²) in [5.41, 5.74) is 0.708. The highest BCUT2D eigenvalue weighted by Gasteiger charge is 2.26. The molecule has 1 aromatic rings. The predicted molar refractivity (Wildman–Crippen MR) is 87.0 cm³/mol. The largest absolute Gasteiger partial charge is 0.339 e. The molecule has 0 unspecified atom stereocenters. The molecule has 2 rings (SSSR count). The van der Waals surface area contributed by atoms with Crippen LogP contribution in [0.5, 0.6) is 0 Å². The van der Waals surface area contributed by atoms with Gasteiger partial charge in [0.1, 0.15) is 5.69 Å². The van der Waals surface area contributed by atoms with Crippen molar-refractivity contribution in [1.82, 2.24) is 14.8 Å². The van der Waals surface area contributed by atoms with Crippen molar-refractivity contribution in [2.24, 2.45) is 5.92 Å². The van der Waals surface area contributed by atoms with Crippen LogP contribution in [-0.2, 0) is 0 Å². The Morgan fingerprint density at radius 3 is 2.67 bits per heavy atom. The van der Waals surface area contributed by atoms with Crippen molar-refractivity contribution in [3.8, 4) is 0 Å². The van der Waals surface area contributed by atoms with Gasteiger partial charge in [-0.2, -0.15) is 0 Å². The molecule has 0 atom stereocenters. The number of piperidine rings is 1. The first-order valence-corrected chi connectivity index (χ1v) is 8.28. The number of hydrogen-bond donors (Lipinski definition) is 1. The fourth-order valence-corrected chi connectivity index (χ4v) is 3.10. The van der Waals surface area contributed by atoms with E-state index in [0.29, 0.717) is 16.6 Å². The summed E-state index contributed by atoms with van der Waals surface area (Å²) in [5, 5.41) is 4.03. The standard InChI is InChI=1S/C16H26ClN3O/c1-4-18-10-13-5-7-19(8-6-13)16(21)15-9-14(17)11-20(15)12(2)3/h9,11-13,18H,4-8,10H2,1-3H3. The highest BCUT2D eigenvalue weighted by Crippen LogP contribution is 2.23. The molecule has 1 saturated heterocycles. The maximum Gasteiger partial charge on any atom is 0.270 e. The van der Waals surface area contributed by atoms with Crippen molar-refractivity contribution in [1.29, 1.82) is 0 Å². The smallest absolute Gasteiger partial charge is 0.270 e. The van der Waals surface area contributed by atoms with Gasteiger partial charge in [0, 0.05) is 25.3 Å². The van der Waals surface area contributed by atoms with Gasteiger partial charge in [-0.1, -0.05) is 18.5 Å². The summed E-state index contributed by atoms with van der Waals surface area (Å²) in [5.74, 6) is 0.798. The molecule has 5 heteroatoms. The number of halogens is 1. The number of carbonyl (C=O) groups is 1. The van der Waals surface area contributed by atoms with Gasteiger partial charge in [-0.3, -0.25) is 4.79 Å². The van der Waals surface area contributed by atoms with E-state index in [9.17, 15) is 4.79 Å². The summed E-state index contributed by atoms with van der Waals surface area (Å²) in [6.07, 6.45) is 4.00. The fraction of sp³-hybridized carbons (Fsp3) is 0.688. The highest BCUT2D eigenvalue weighted by atomic mass is 35.5. The van der Waals surface area contributed by atoms with Gasteiger partial charge < -0.3 is 14.8 Å². The zero-order valence-electron chi connectivity index (χ0n) is 13.2. The fourth-order valence-electron chi connectivity index (χ4n) is 2.89. The molecule has 1 amide bonds. The number of amides is 1. The van der Waals surface area contributed by atoms with Gasteiger partial charge >= 0.3 is 0 Å². The van der Waals surface area contributed by atoms with E-state index in [1.165, 1.54) is 0 Å². The van der Waals surface area contributed by atoms with Gasteiger partial charge in [0.25, 0.3) is 5.91 Å². The average Bonchev–Trinajstić information content (AvgIpc) is 2.87. The number of nitrogens with zero attached hydrogens (tertiary/aromatic N) is 2. The van der Waals surface area contributed by atoms with E-state index in [2.05, 4.69) is 26.1 Å². The molecule has 0 radical (unpaired) electrons. The lowest BCUT2D eigenvalue weighted by molar-refractivity contribution is 0.0678. The van der Waals surface area contributed by atoms with Crippen LogP contribution in [0.3, 0.4) is 0 Å². The van der Waals surface area contributed by atoms with Crippen LogP contribution in [0.4, 0.5) is 0 Å². The number of hydrogen-bond acceptors (Lipinski definition) is 2. The van der Waals surface area contributed by atoms with Crippen LogP contribution in [0.15, 0.2) is 12.3 Å². The summed E-state index contributed by atoms with van der Waals surface area (Å²) < 4.78 is 1.97. The molecular weight excluding hydrogens is 286 g/mol. The molecule has 0 spiro atoms. The summed E-state index contributed by atoms with van der Waals surface area (Å²) in [6.45, 7) is 10.0. The Morgan fingerprint density at radius 1 is 1.43 bits per heavy atom. The second-order valence-corrected chi connectivity index (χ2v) is 6.52. The van der Waals surface area contributed by atoms with E-state index in [4.69, 9.17) is 11.6 Å². The van der Waals surface area contributed by atoms with Crippen LogP contribution in [0.25, 0.3) is 0 Å². The summed E-state index contributed by atoms with van der Waals surface area (Å²) in [7, 11) is 0. The first-order valence-electron chi connectivity index (χ1n) is 7.90. The molecule has 118 valence electrons. The zero-order chi connectivity index (χ0) is 15.4. The van der Waals surface area contributed by atoms with Gasteiger partial charge in [0.15, 0.2) is 0 Å². The molecule has 0 aromatic carbocycles. The van der Waals surface area contributed by atoms with E-state index in [0.717, 1.165) is 39.0 Å². The molecule has 0 saturated carbocycles. The summed E-state index contributed by atoms with van der Waals surface area (Å²) >= 11 is 6.07. The Balaban J connectivity index is 1.99. The normalized spacial score (nSPS) is 16.7. The van der Waals surface area contributed by atoms with Crippen molar-refractivity contribution in [2.75, 3.05) is 26.2 Å². The number of likely N-dealkylation sites (tertiary alicyclic amines) is 1. The molecule has 1 aliphatic rings. The minimum atomic E-state index is 0.109. The number of aromatic nitrogens is 1. The molecule has 0 bridgehead atoms. The molecule has 0 aliphatic carbocycles. The van der Waals surface area contributed by atoms with Crippen molar-refractivity contribution in [3.05, 3.63) is 23.0 Å². The average molecular weight is 312 g/mol. The third-order valence-electron chi connectivity index (χ3n) is 4.18. The monoisotopic (exact) mass is 311 g/mol. The number of rotatable bonds is 5. The van der Waals surface area contributed by atoms with Crippen molar-refractivity contribution >= 4 is 17.5 Å². The van der Waals surface area contributed by atoms with Crippen molar-refractivity contribution < 1.29 is 4.79 Å². The molecule has 2 heterocycles. The van der Waals surface area contributed by atoms with Crippen molar-refractivity contribution in [3.63, 3.8) is 0 Å². The van der Waals surface area contributed by atoms with E-state index in [1.807, 2.05) is 15.7 Å². The second-order valence-electron chi connectivity index (χ2n) is 6.09. The minimum absolute atomic E-state index is 0.109. The van der Waals surface area contributed by atoms with Gasteiger partial charge in [-0.25, -0.2) is 0 Å². The molecule has 1 aliphatic heterocycles. The minimum Gasteiger partial charge on any atom is -0.339 e. The lowest BCUT2D eigenvalue weighted by Gasteiger charge is -2.32. The van der Waals surface area contributed by atoms with Crippen LogP contribution in [-0.4, -0.2) is 41.6 Å². The van der Waals surface area contributed by atoms with E-state index in [-0.39, 0.29) is 11.9 Å². The van der Waals surface area contributed by atoms with Gasteiger partial charge in [-0.15, -0.1) is 0 Å². The summed E-state index contributed by atoms with van der Waals surface area (Å²) in [4.78, 5) is 14.7. The first kappa shape index (κ1) is 16.4. The van der Waals surface area contributed by atoms with Crippen LogP contribution in [0, 0.1) is 5.92 Å². The topological polar surface area (TPSA) is 37.3 Å². The van der Waals surface area contributed by atoms with E-state index in [1.54, 1.807) is 6.07 Å². The molecular formula is C16H26ClN3O. The second kappa shape index (κ2) is 7.32. The predicted octanol–water partition coefficient (Wildman–Crippen LogP) is 3.18. The van der Waals surface area contributed by atoms with Gasteiger partial charge in [0.2, 0.25) is 0 Å². The molecule has 21 heavy (non-hydrogen) atoms. The van der Waals surface area contributed by atoms with Gasteiger partial charge in [0.05, 0.1) is 5.02 Å². The Kier molecular flexibility index (Phi) is 5.71. The zero-order valence-corrected chi connectivity index (χ0v) is 14.0. The Labute approximate surface area is 132 Å². The lowest BCUT2D eigenvalue weighted by Crippen LogP contribution is -2.41. The lowest BCUT2D eigenvalue weighted by atomic mass is 9.96. The van der Waals surface area contributed by atoms with E-state index >= 15 is 0 Å². The number of carbonyl (C=O) groups excluding carboxylic acids is 1. The van der Waals surface area contributed by atoms with Crippen LogP contribution < -0.4 is 5.32 Å². The molecule has 1 aromatic heterocycles. The van der Waals surface area contributed by atoms with Gasteiger partial charge in [-0.05, 0) is 51.8 Å². The SMILES string of the molecule is CCNCC1CCN(C(=O)c2cc(Cl)cn2C(C)C)CC1. The molecule has 1 N–H and O–H groups in total. The van der Waals surface area contributed by atoms with Crippen molar-refractivity contribution in [2.45, 2.75) is 39.7 Å². The van der Waals surface area contributed by atoms with E-state index < -0.39 is 0 Å². The Hall–Kier alpha value is -1.00. The third kappa shape index (κ3) is 4.01. The van der Waals surface area contributed by atoms with Crippen LogP contribution in [0.2, 0.25) is 5.02 Å². The quantitative estimate of drug-likeness (QED) is 0.907. The maximum absolute atomic E-state index is 12.7. The van der Waals surface area contributed by atoms with Crippen LogP contribution in [0.1, 0.15) is 50.1 Å².